The van der Waals surface area contributed by atoms with Gasteiger partial charge in [-0.05, 0) is 45.4 Å². The molecule has 4 atom stereocenters. The highest BCUT2D eigenvalue weighted by molar-refractivity contribution is 7.94. The Morgan fingerprint density at radius 2 is 1.79 bits per heavy atom. The monoisotopic (exact) mass is 605 g/mol. The summed E-state index contributed by atoms with van der Waals surface area (Å²) in [5.74, 6) is -0.532. The first-order chi connectivity index (χ1) is 18.5. The van der Waals surface area contributed by atoms with E-state index in [1.54, 1.807) is 32.9 Å². The zero-order valence-electron chi connectivity index (χ0n) is 22.8. The van der Waals surface area contributed by atoms with E-state index < -0.39 is 11.6 Å². The topological polar surface area (TPSA) is 100 Å². The maximum Gasteiger partial charge on any atom is 0.334 e. The average molecular weight is 607 g/mol. The number of nitrogens with two attached hydrogens (primary N) is 1. The first-order valence-electron chi connectivity index (χ1n) is 12.5. The zero-order chi connectivity index (χ0) is 29.4. The number of fused-ring (bicyclic) bond motifs is 1. The summed E-state index contributed by atoms with van der Waals surface area (Å²) in [6, 6.07) is 14.6. The van der Waals surface area contributed by atoms with Gasteiger partial charge in [-0.3, -0.25) is 0 Å². The van der Waals surface area contributed by atoms with E-state index in [-0.39, 0.29) is 36.7 Å². The SMILES string of the molecule is CC.CC(C)(C)OC(=O)/C=C/O.FSc1ccc(Cl)c(Cl)c1.NC1CCOC2COC(c3ccccc3)OC12. The average Bonchev–Trinajstić information content (AvgIpc) is 2.92. The van der Waals surface area contributed by atoms with E-state index >= 15 is 0 Å². The molecule has 0 amide bonds. The maximum absolute atomic E-state index is 11.9. The molecule has 2 fully saturated rings. The van der Waals surface area contributed by atoms with Crippen LogP contribution in [0.4, 0.5) is 3.89 Å². The lowest BCUT2D eigenvalue weighted by molar-refractivity contribution is -0.281. The van der Waals surface area contributed by atoms with E-state index in [1.165, 1.54) is 6.07 Å². The van der Waals surface area contributed by atoms with Gasteiger partial charge in [0.05, 0.1) is 41.1 Å². The molecule has 7 nitrogen and oxygen atoms in total. The Kier molecular flexibility index (Phi) is 16.7. The molecule has 39 heavy (non-hydrogen) atoms. The summed E-state index contributed by atoms with van der Waals surface area (Å²) in [5, 5.41) is 8.98. The fraction of sp³-hybridized carbons (Fsp3) is 0.464. The van der Waals surface area contributed by atoms with Crippen LogP contribution in [0, 0.1) is 0 Å². The number of halogens is 3. The standard InChI is InChI=1S/C13H17NO3.C7H12O3.C6H3Cl2FS.C2H6/c14-10-6-7-15-11-8-16-13(17-12(10)11)9-4-2-1-3-5-9;1-7(2,3)10-6(9)4-5-8;7-5-2-1-4(10-9)3-6(5)8;1-2/h1-5,10-13H,6-8,14H2;4-5,8H,1-3H3;1-3H;1-2H3/b;5-4+;;. The molecule has 2 aromatic rings. The van der Waals surface area contributed by atoms with Gasteiger partial charge in [-0.2, -0.15) is 3.89 Å². The minimum absolute atomic E-state index is 0.0151. The van der Waals surface area contributed by atoms with Crippen molar-refractivity contribution in [2.75, 3.05) is 13.2 Å². The van der Waals surface area contributed by atoms with Crippen LogP contribution in [0.25, 0.3) is 0 Å². The zero-order valence-corrected chi connectivity index (χ0v) is 25.1. The van der Waals surface area contributed by atoms with Crippen molar-refractivity contribution in [1.82, 2.24) is 0 Å². The van der Waals surface area contributed by atoms with E-state index in [9.17, 15) is 8.68 Å². The molecule has 0 radical (unpaired) electrons. The summed E-state index contributed by atoms with van der Waals surface area (Å²) in [7, 11) is 0. The van der Waals surface area contributed by atoms with Crippen LogP contribution in [0.5, 0.6) is 0 Å². The summed E-state index contributed by atoms with van der Waals surface area (Å²) < 4.78 is 33.8. The molecule has 0 bridgehead atoms. The quantitative estimate of drug-likeness (QED) is 0.209. The number of benzene rings is 2. The molecule has 3 N–H and O–H groups in total. The molecular formula is C28H38Cl2FNO6S. The number of ether oxygens (including phenoxy) is 4. The largest absolute Gasteiger partial charge is 0.515 e. The molecule has 2 aliphatic heterocycles. The van der Waals surface area contributed by atoms with Crippen molar-refractivity contribution in [2.24, 2.45) is 5.73 Å². The van der Waals surface area contributed by atoms with Gasteiger partial charge in [-0.25, -0.2) is 4.79 Å². The van der Waals surface area contributed by atoms with E-state index in [0.717, 1.165) is 18.1 Å². The van der Waals surface area contributed by atoms with Gasteiger partial charge < -0.3 is 29.8 Å². The second kappa shape index (κ2) is 18.5. The second-order valence-electron chi connectivity index (χ2n) is 9.04. The lowest BCUT2D eigenvalue weighted by atomic mass is 9.99. The molecule has 2 saturated heterocycles. The van der Waals surface area contributed by atoms with Gasteiger partial charge in [-0.15, -0.1) is 0 Å². The van der Waals surface area contributed by atoms with Crippen LogP contribution in [0.3, 0.4) is 0 Å². The van der Waals surface area contributed by atoms with Crippen LogP contribution < -0.4 is 5.73 Å². The molecule has 2 heterocycles. The Labute approximate surface area is 245 Å². The van der Waals surface area contributed by atoms with Gasteiger partial charge in [0.2, 0.25) is 0 Å². The van der Waals surface area contributed by atoms with Crippen molar-refractivity contribution >= 4 is 41.3 Å². The van der Waals surface area contributed by atoms with Gasteiger partial charge in [-0.1, -0.05) is 67.4 Å². The summed E-state index contributed by atoms with van der Waals surface area (Å²) >= 11 is 11.3. The number of carbonyl (C=O) groups is 1. The van der Waals surface area contributed by atoms with Gasteiger partial charge in [0.1, 0.15) is 17.8 Å². The number of aliphatic hydroxyl groups is 1. The van der Waals surface area contributed by atoms with E-state index in [1.807, 2.05) is 44.2 Å². The van der Waals surface area contributed by atoms with Crippen LogP contribution in [-0.4, -0.2) is 48.1 Å². The lowest BCUT2D eigenvalue weighted by Gasteiger charge is -2.42. The predicted molar refractivity (Wildman–Crippen MR) is 155 cm³/mol. The van der Waals surface area contributed by atoms with Crippen molar-refractivity contribution < 1.29 is 32.7 Å². The highest BCUT2D eigenvalue weighted by Crippen LogP contribution is 2.31. The number of aliphatic hydroxyl groups excluding tert-OH is 1. The fourth-order valence-electron chi connectivity index (χ4n) is 3.29. The van der Waals surface area contributed by atoms with Gasteiger partial charge in [0, 0.05) is 23.1 Å². The van der Waals surface area contributed by atoms with Crippen LogP contribution >= 0.6 is 35.3 Å². The Bertz CT molecular complexity index is 1010. The molecule has 0 saturated carbocycles. The number of hydrogen-bond donors (Lipinski definition) is 2. The van der Waals surface area contributed by atoms with Crippen LogP contribution in [0.15, 0.2) is 65.8 Å². The molecule has 0 aliphatic carbocycles. The van der Waals surface area contributed by atoms with Crippen LogP contribution in [0.2, 0.25) is 10.0 Å². The van der Waals surface area contributed by atoms with E-state index in [2.05, 4.69) is 0 Å². The molecule has 11 heteroatoms. The third kappa shape index (κ3) is 13.4. The predicted octanol–water partition coefficient (Wildman–Crippen LogP) is 7.61. The van der Waals surface area contributed by atoms with Crippen LogP contribution in [0.1, 0.15) is 52.9 Å². The molecule has 0 aromatic heterocycles. The smallest absolute Gasteiger partial charge is 0.334 e. The molecule has 2 aromatic carbocycles. The van der Waals surface area contributed by atoms with Crippen molar-refractivity contribution in [3.63, 3.8) is 0 Å². The summed E-state index contributed by atoms with van der Waals surface area (Å²) in [5.41, 5.74) is 6.61. The number of esters is 1. The van der Waals surface area contributed by atoms with Crippen molar-refractivity contribution in [1.29, 1.82) is 0 Å². The number of rotatable bonds is 3. The molecular weight excluding hydrogens is 568 g/mol. The van der Waals surface area contributed by atoms with Gasteiger partial charge in [0.25, 0.3) is 0 Å². The second-order valence-corrected chi connectivity index (χ2v) is 10.5. The van der Waals surface area contributed by atoms with E-state index in [4.69, 9.17) is 53.0 Å². The Morgan fingerprint density at radius 3 is 2.36 bits per heavy atom. The van der Waals surface area contributed by atoms with Gasteiger partial charge in [0.15, 0.2) is 6.29 Å². The van der Waals surface area contributed by atoms with Crippen molar-refractivity contribution in [3.8, 4) is 0 Å². The Morgan fingerprint density at radius 1 is 1.13 bits per heavy atom. The first kappa shape index (κ1) is 35.2. The highest BCUT2D eigenvalue weighted by atomic mass is 35.5. The summed E-state index contributed by atoms with van der Waals surface area (Å²) in [6.45, 7) is 10.5. The third-order valence-corrected chi connectivity index (χ3v) is 6.10. The Balaban J connectivity index is 0.000000301. The molecule has 4 unspecified atom stereocenters. The maximum atomic E-state index is 11.9. The Hall–Kier alpha value is -1.85. The van der Waals surface area contributed by atoms with Gasteiger partial charge >= 0.3 is 5.97 Å². The minimum Gasteiger partial charge on any atom is -0.515 e. The summed E-state index contributed by atoms with van der Waals surface area (Å²) in [4.78, 5) is 11.1. The van der Waals surface area contributed by atoms with Crippen molar-refractivity contribution in [2.45, 2.75) is 76.1 Å². The summed E-state index contributed by atoms with van der Waals surface area (Å²) in [6.07, 6.45) is 2.09. The van der Waals surface area contributed by atoms with Crippen LogP contribution in [-0.2, 0) is 23.7 Å². The molecule has 2 aliphatic rings. The van der Waals surface area contributed by atoms with E-state index in [0.29, 0.717) is 34.4 Å². The normalized spacial score (nSPS) is 22.1. The number of hydrogen-bond acceptors (Lipinski definition) is 8. The van der Waals surface area contributed by atoms with Crippen molar-refractivity contribution in [3.05, 3.63) is 76.5 Å². The third-order valence-electron chi connectivity index (χ3n) is 4.93. The molecule has 4 rings (SSSR count). The number of carbonyl (C=O) groups excluding carboxylic acids is 1. The fourth-order valence-corrected chi connectivity index (χ4v) is 3.94. The first-order valence-corrected chi connectivity index (χ1v) is 14.0. The highest BCUT2D eigenvalue weighted by Gasteiger charge is 2.39. The molecule has 0 spiro atoms. The lowest BCUT2D eigenvalue weighted by Crippen LogP contribution is -2.55. The minimum atomic E-state index is -0.532. The molecule has 218 valence electrons.